The van der Waals surface area contributed by atoms with Crippen LogP contribution in [0.15, 0.2) is 42.5 Å². The Bertz CT molecular complexity index is 633. The van der Waals surface area contributed by atoms with Gasteiger partial charge in [-0.15, -0.1) is 0 Å². The van der Waals surface area contributed by atoms with E-state index in [1.165, 1.54) is 12.1 Å². The second-order valence-electron chi connectivity index (χ2n) is 4.26. The van der Waals surface area contributed by atoms with E-state index < -0.39 is 11.7 Å². The van der Waals surface area contributed by atoms with Gasteiger partial charge in [-0.25, -0.2) is 4.39 Å². The fourth-order valence-corrected chi connectivity index (χ4v) is 2.28. The highest BCUT2D eigenvalue weighted by Crippen LogP contribution is 2.15. The maximum absolute atomic E-state index is 13.6. The normalized spacial score (nSPS) is 10.3. The third-order valence-corrected chi connectivity index (χ3v) is 3.66. The van der Waals surface area contributed by atoms with Gasteiger partial charge in [0.2, 0.25) is 0 Å². The molecule has 0 fully saturated rings. The summed E-state index contributed by atoms with van der Waals surface area (Å²) in [5.74, 6) is -1.08. The molecule has 2 rings (SSSR count). The summed E-state index contributed by atoms with van der Waals surface area (Å²) < 4.78 is 13.6. The van der Waals surface area contributed by atoms with Gasteiger partial charge >= 0.3 is 0 Å². The Morgan fingerprint density at radius 3 is 2.65 bits per heavy atom. The molecule has 0 spiro atoms. The number of amides is 1. The Kier molecular flexibility index (Phi) is 5.15. The third-order valence-electron chi connectivity index (χ3n) is 2.77. The van der Waals surface area contributed by atoms with Crippen molar-refractivity contribution in [2.45, 2.75) is 11.9 Å². The average molecular weight is 357 g/mol. The van der Waals surface area contributed by atoms with Crippen molar-refractivity contribution in [1.29, 1.82) is 0 Å². The zero-order chi connectivity index (χ0) is 14.5. The molecule has 2 aromatic carbocycles. The molecule has 1 N–H and O–H groups in total. The van der Waals surface area contributed by atoms with Gasteiger partial charge in [-0.3, -0.25) is 4.79 Å². The molecule has 0 aromatic heterocycles. The van der Waals surface area contributed by atoms with Gasteiger partial charge in [0.15, 0.2) is 0 Å². The summed E-state index contributed by atoms with van der Waals surface area (Å²) in [6.45, 7) is 0.349. The molecule has 1 amide bonds. The number of hydrogen-bond acceptors (Lipinski definition) is 1. The van der Waals surface area contributed by atoms with Crippen LogP contribution in [0.3, 0.4) is 0 Å². The molecule has 0 saturated carbocycles. The molecule has 2 aromatic rings. The smallest absolute Gasteiger partial charge is 0.254 e. The standard InChI is InChI=1S/C15H12BrClFNO/c16-8-10-2-1-3-11(6-10)9-19-15(20)13-5-4-12(17)7-14(13)18/h1-7H,8-9H2,(H,19,20). The van der Waals surface area contributed by atoms with E-state index in [-0.39, 0.29) is 10.6 Å². The van der Waals surface area contributed by atoms with Crippen molar-refractivity contribution in [3.63, 3.8) is 0 Å². The molecular formula is C15H12BrClFNO. The van der Waals surface area contributed by atoms with E-state index in [9.17, 15) is 9.18 Å². The highest BCUT2D eigenvalue weighted by atomic mass is 79.9. The number of rotatable bonds is 4. The zero-order valence-corrected chi connectivity index (χ0v) is 12.8. The summed E-state index contributed by atoms with van der Waals surface area (Å²) in [7, 11) is 0. The fourth-order valence-electron chi connectivity index (χ4n) is 1.77. The van der Waals surface area contributed by atoms with Crippen molar-refractivity contribution in [2.75, 3.05) is 0 Å². The van der Waals surface area contributed by atoms with E-state index in [0.717, 1.165) is 22.5 Å². The summed E-state index contributed by atoms with van der Waals surface area (Å²) >= 11 is 9.03. The van der Waals surface area contributed by atoms with Gasteiger partial charge in [0.1, 0.15) is 5.82 Å². The van der Waals surface area contributed by atoms with Gasteiger partial charge in [0, 0.05) is 16.9 Å². The van der Waals surface area contributed by atoms with E-state index in [2.05, 4.69) is 21.2 Å². The van der Waals surface area contributed by atoms with Crippen molar-refractivity contribution in [2.24, 2.45) is 0 Å². The molecule has 0 atom stereocenters. The maximum Gasteiger partial charge on any atom is 0.254 e. The molecule has 0 aliphatic rings. The second kappa shape index (κ2) is 6.86. The highest BCUT2D eigenvalue weighted by molar-refractivity contribution is 9.08. The molecule has 104 valence electrons. The second-order valence-corrected chi connectivity index (χ2v) is 5.26. The van der Waals surface area contributed by atoms with E-state index in [4.69, 9.17) is 11.6 Å². The number of carbonyl (C=O) groups is 1. The lowest BCUT2D eigenvalue weighted by Crippen LogP contribution is -2.23. The average Bonchev–Trinajstić information content (AvgIpc) is 2.45. The van der Waals surface area contributed by atoms with Crippen LogP contribution in [0.5, 0.6) is 0 Å². The van der Waals surface area contributed by atoms with E-state index in [1.54, 1.807) is 0 Å². The molecule has 0 unspecified atom stereocenters. The van der Waals surface area contributed by atoms with Crippen LogP contribution in [0, 0.1) is 5.82 Å². The van der Waals surface area contributed by atoms with Crippen molar-refractivity contribution < 1.29 is 9.18 Å². The minimum atomic E-state index is -0.621. The van der Waals surface area contributed by atoms with Crippen LogP contribution in [0.1, 0.15) is 21.5 Å². The minimum absolute atomic E-state index is 0.00829. The molecule has 20 heavy (non-hydrogen) atoms. The number of benzene rings is 2. The van der Waals surface area contributed by atoms with Crippen LogP contribution in [0.4, 0.5) is 4.39 Å². The molecule has 0 saturated heterocycles. The summed E-state index contributed by atoms with van der Waals surface area (Å²) in [6, 6.07) is 11.8. The lowest BCUT2D eigenvalue weighted by molar-refractivity contribution is 0.0947. The highest BCUT2D eigenvalue weighted by Gasteiger charge is 2.11. The van der Waals surface area contributed by atoms with Crippen molar-refractivity contribution >= 4 is 33.4 Å². The number of carbonyl (C=O) groups excluding carboxylic acids is 1. The van der Waals surface area contributed by atoms with Crippen LogP contribution in [0.25, 0.3) is 0 Å². The molecule has 0 aliphatic heterocycles. The minimum Gasteiger partial charge on any atom is -0.348 e. The van der Waals surface area contributed by atoms with Gasteiger partial charge in [0.25, 0.3) is 5.91 Å². The quantitative estimate of drug-likeness (QED) is 0.813. The summed E-state index contributed by atoms with van der Waals surface area (Å²) in [5.41, 5.74) is 2.07. The lowest BCUT2D eigenvalue weighted by atomic mass is 10.1. The predicted molar refractivity (Wildman–Crippen MR) is 81.7 cm³/mol. The Morgan fingerprint density at radius 1 is 1.20 bits per heavy atom. The third kappa shape index (κ3) is 3.81. The molecule has 0 radical (unpaired) electrons. The van der Waals surface area contributed by atoms with Crippen LogP contribution in [-0.2, 0) is 11.9 Å². The first-order valence-corrected chi connectivity index (χ1v) is 7.47. The SMILES string of the molecule is O=C(NCc1cccc(CBr)c1)c1ccc(Cl)cc1F. The van der Waals surface area contributed by atoms with Gasteiger partial charge in [-0.2, -0.15) is 0 Å². The summed E-state index contributed by atoms with van der Waals surface area (Å²) in [6.07, 6.45) is 0. The van der Waals surface area contributed by atoms with Gasteiger partial charge in [-0.1, -0.05) is 51.8 Å². The Hall–Kier alpha value is -1.39. The molecule has 0 bridgehead atoms. The first-order chi connectivity index (χ1) is 9.60. The molecule has 0 aliphatic carbocycles. The van der Waals surface area contributed by atoms with Crippen LogP contribution in [0.2, 0.25) is 5.02 Å². The predicted octanol–water partition coefficient (Wildman–Crippen LogP) is 4.30. The Labute approximate surface area is 130 Å². The van der Waals surface area contributed by atoms with Crippen molar-refractivity contribution in [3.05, 3.63) is 70.0 Å². The zero-order valence-electron chi connectivity index (χ0n) is 10.5. The topological polar surface area (TPSA) is 29.1 Å². The van der Waals surface area contributed by atoms with Gasteiger partial charge in [-0.05, 0) is 29.3 Å². The number of alkyl halides is 1. The molecule has 0 heterocycles. The first kappa shape index (κ1) is 15.0. The van der Waals surface area contributed by atoms with E-state index in [0.29, 0.717) is 6.54 Å². The van der Waals surface area contributed by atoms with Crippen molar-refractivity contribution in [3.8, 4) is 0 Å². The largest absolute Gasteiger partial charge is 0.348 e. The Morgan fingerprint density at radius 2 is 1.95 bits per heavy atom. The maximum atomic E-state index is 13.6. The van der Waals surface area contributed by atoms with Gasteiger partial charge < -0.3 is 5.32 Å². The first-order valence-electron chi connectivity index (χ1n) is 5.97. The number of halogens is 3. The summed E-state index contributed by atoms with van der Waals surface area (Å²) in [5, 5.41) is 3.71. The monoisotopic (exact) mass is 355 g/mol. The van der Waals surface area contributed by atoms with E-state index >= 15 is 0 Å². The molecule has 2 nitrogen and oxygen atoms in total. The van der Waals surface area contributed by atoms with Crippen molar-refractivity contribution in [1.82, 2.24) is 5.32 Å². The van der Waals surface area contributed by atoms with Gasteiger partial charge in [0.05, 0.1) is 5.56 Å². The Balaban J connectivity index is 2.04. The summed E-state index contributed by atoms with van der Waals surface area (Å²) in [4.78, 5) is 11.9. The molecule has 5 heteroatoms. The van der Waals surface area contributed by atoms with Crippen LogP contribution >= 0.6 is 27.5 Å². The van der Waals surface area contributed by atoms with Crippen LogP contribution < -0.4 is 5.32 Å². The number of nitrogens with one attached hydrogen (secondary N) is 1. The lowest BCUT2D eigenvalue weighted by Gasteiger charge is -2.07. The van der Waals surface area contributed by atoms with Crippen LogP contribution in [-0.4, -0.2) is 5.91 Å². The van der Waals surface area contributed by atoms with E-state index in [1.807, 2.05) is 24.3 Å². The fraction of sp³-hybridized carbons (Fsp3) is 0.133. The molecular weight excluding hydrogens is 345 g/mol. The number of hydrogen-bond donors (Lipinski definition) is 1.